The predicted octanol–water partition coefficient (Wildman–Crippen LogP) is 4.96. The zero-order valence-corrected chi connectivity index (χ0v) is 13.2. The van der Waals surface area contributed by atoms with Gasteiger partial charge in [-0.2, -0.15) is 0 Å². The van der Waals surface area contributed by atoms with E-state index in [1.165, 1.54) is 33.2 Å². The molecule has 2 aliphatic heterocycles. The van der Waals surface area contributed by atoms with Gasteiger partial charge < -0.3 is 0 Å². The topological polar surface area (TPSA) is 12.5 Å². The molecule has 23 heavy (non-hydrogen) atoms. The monoisotopic (exact) mass is 301 g/mol. The highest BCUT2D eigenvalue weighted by Crippen LogP contribution is 2.47. The number of rotatable bonds is 1. The highest BCUT2D eigenvalue weighted by atomic mass is 16.7. The summed E-state index contributed by atoms with van der Waals surface area (Å²) in [7, 11) is 0. The molecule has 0 aromatic heterocycles. The summed E-state index contributed by atoms with van der Waals surface area (Å²) in [5.74, 6) is 0. The highest BCUT2D eigenvalue weighted by Gasteiger charge is 2.40. The van der Waals surface area contributed by atoms with Crippen molar-refractivity contribution in [1.82, 2.24) is 0 Å². The molecule has 0 unspecified atom stereocenters. The number of anilines is 1. The summed E-state index contributed by atoms with van der Waals surface area (Å²) in [6.45, 7) is 2.16. The van der Waals surface area contributed by atoms with Crippen LogP contribution in [0.5, 0.6) is 0 Å². The molecule has 0 spiro atoms. The first-order valence-corrected chi connectivity index (χ1v) is 8.33. The molecular weight excluding hydrogens is 282 g/mol. The van der Waals surface area contributed by atoms with Crippen LogP contribution in [0.15, 0.2) is 60.7 Å². The van der Waals surface area contributed by atoms with Crippen molar-refractivity contribution >= 4 is 16.5 Å². The molecule has 2 heterocycles. The van der Waals surface area contributed by atoms with Crippen molar-refractivity contribution in [2.24, 2.45) is 0 Å². The number of hydrogen-bond donors (Lipinski definition) is 0. The molecule has 5 rings (SSSR count). The maximum absolute atomic E-state index is 6.27. The first-order chi connectivity index (χ1) is 11.3. The molecule has 0 radical (unpaired) electrons. The minimum absolute atomic E-state index is 0.300. The van der Waals surface area contributed by atoms with Crippen LogP contribution in [-0.4, -0.2) is 6.10 Å². The second kappa shape index (κ2) is 4.84. The van der Waals surface area contributed by atoms with Gasteiger partial charge in [0.2, 0.25) is 0 Å². The molecule has 0 aliphatic carbocycles. The zero-order valence-electron chi connectivity index (χ0n) is 13.2. The number of fused-ring (bicyclic) bond motifs is 6. The molecule has 0 amide bonds. The second-order valence-corrected chi connectivity index (χ2v) is 6.72. The van der Waals surface area contributed by atoms with E-state index in [1.54, 1.807) is 0 Å². The van der Waals surface area contributed by atoms with Crippen molar-refractivity contribution < 1.29 is 4.84 Å². The Morgan fingerprint density at radius 1 is 1.00 bits per heavy atom. The maximum Gasteiger partial charge on any atom is 0.0921 e. The molecule has 2 nitrogen and oxygen atoms in total. The first-order valence-electron chi connectivity index (χ1n) is 8.33. The van der Waals surface area contributed by atoms with Gasteiger partial charge in [-0.05, 0) is 23.4 Å². The summed E-state index contributed by atoms with van der Waals surface area (Å²) >= 11 is 0. The van der Waals surface area contributed by atoms with E-state index in [4.69, 9.17) is 4.84 Å². The number of hydrogen-bond acceptors (Lipinski definition) is 2. The van der Waals surface area contributed by atoms with Crippen molar-refractivity contribution in [2.75, 3.05) is 5.06 Å². The fraction of sp³-hybridized carbons (Fsp3) is 0.238. The molecule has 3 aromatic rings. The van der Waals surface area contributed by atoms with Gasteiger partial charge in [-0.3, -0.25) is 4.84 Å². The van der Waals surface area contributed by atoms with Crippen LogP contribution >= 0.6 is 0 Å². The van der Waals surface area contributed by atoms with Crippen molar-refractivity contribution in [2.45, 2.75) is 31.9 Å². The number of benzene rings is 3. The minimum Gasteiger partial charge on any atom is -0.269 e. The Morgan fingerprint density at radius 2 is 1.91 bits per heavy atom. The quantitative estimate of drug-likeness (QED) is 0.630. The van der Waals surface area contributed by atoms with Crippen molar-refractivity contribution in [1.29, 1.82) is 0 Å². The van der Waals surface area contributed by atoms with E-state index in [0.717, 1.165) is 12.8 Å². The molecule has 2 aliphatic rings. The summed E-state index contributed by atoms with van der Waals surface area (Å²) in [6, 6.07) is 22.3. The molecule has 2 atom stereocenters. The van der Waals surface area contributed by atoms with Gasteiger partial charge in [-0.15, -0.1) is 0 Å². The lowest BCUT2D eigenvalue weighted by Crippen LogP contribution is -2.27. The van der Waals surface area contributed by atoms with Crippen LogP contribution in [-0.2, 0) is 11.3 Å². The molecule has 2 bridgehead atoms. The third-order valence-electron chi connectivity index (χ3n) is 5.11. The third-order valence-corrected chi connectivity index (χ3v) is 5.11. The predicted molar refractivity (Wildman–Crippen MR) is 93.5 cm³/mol. The van der Waals surface area contributed by atoms with E-state index in [1.807, 2.05) is 0 Å². The summed E-state index contributed by atoms with van der Waals surface area (Å²) in [6.07, 6.45) is 2.38. The van der Waals surface area contributed by atoms with Crippen molar-refractivity contribution in [3.63, 3.8) is 0 Å². The summed E-state index contributed by atoms with van der Waals surface area (Å²) in [5.41, 5.74) is 5.34. The van der Waals surface area contributed by atoms with Gasteiger partial charge in [-0.1, -0.05) is 66.2 Å². The lowest BCUT2D eigenvalue weighted by molar-refractivity contribution is 0.0741. The van der Waals surface area contributed by atoms with E-state index in [2.05, 4.69) is 72.7 Å². The zero-order chi connectivity index (χ0) is 15.4. The van der Waals surface area contributed by atoms with Crippen LogP contribution in [0.1, 0.15) is 29.2 Å². The SMILES string of the molecule is Cc1cccc([C@@H]2C[C@@H]3Cc4ccc5ccccc5c4N2O3)c1. The average molecular weight is 301 g/mol. The lowest BCUT2D eigenvalue weighted by Gasteiger charge is -2.31. The Balaban J connectivity index is 1.69. The van der Waals surface area contributed by atoms with Crippen LogP contribution in [0, 0.1) is 6.92 Å². The van der Waals surface area contributed by atoms with Gasteiger partial charge in [0.15, 0.2) is 0 Å². The minimum atomic E-state index is 0.300. The van der Waals surface area contributed by atoms with E-state index >= 15 is 0 Å². The maximum atomic E-state index is 6.27. The third kappa shape index (κ3) is 1.98. The summed E-state index contributed by atoms with van der Waals surface area (Å²) in [5, 5.41) is 4.76. The van der Waals surface area contributed by atoms with Crippen LogP contribution in [0.2, 0.25) is 0 Å². The summed E-state index contributed by atoms with van der Waals surface area (Å²) in [4.78, 5) is 6.27. The Kier molecular flexibility index (Phi) is 2.77. The van der Waals surface area contributed by atoms with Crippen molar-refractivity contribution in [3.05, 3.63) is 77.4 Å². The first kappa shape index (κ1) is 13.1. The Hall–Kier alpha value is -2.32. The smallest absolute Gasteiger partial charge is 0.0921 e. The van der Waals surface area contributed by atoms with Gasteiger partial charge in [0, 0.05) is 18.2 Å². The Morgan fingerprint density at radius 3 is 2.83 bits per heavy atom. The van der Waals surface area contributed by atoms with E-state index < -0.39 is 0 Å². The average Bonchev–Trinajstić information content (AvgIpc) is 2.91. The van der Waals surface area contributed by atoms with E-state index in [9.17, 15) is 0 Å². The highest BCUT2D eigenvalue weighted by molar-refractivity contribution is 5.96. The molecule has 2 heteroatoms. The standard InChI is InChI=1S/C21H19NO/c1-14-5-4-7-16(11-14)20-13-18-12-17-10-9-15-6-2-3-8-19(15)21(17)22(20)23-18/h2-11,18,20H,12-13H2,1H3/t18-,20-/m0/s1. The van der Waals surface area contributed by atoms with E-state index in [-0.39, 0.29) is 0 Å². The van der Waals surface area contributed by atoms with Gasteiger partial charge in [-0.25, -0.2) is 5.06 Å². The molecule has 1 saturated heterocycles. The Bertz CT molecular complexity index is 901. The van der Waals surface area contributed by atoms with Gasteiger partial charge in [0.25, 0.3) is 0 Å². The molecular formula is C21H19NO. The number of hydroxylamine groups is 1. The fourth-order valence-electron chi connectivity index (χ4n) is 4.07. The van der Waals surface area contributed by atoms with Crippen LogP contribution in [0.3, 0.4) is 0 Å². The van der Waals surface area contributed by atoms with E-state index in [0.29, 0.717) is 12.1 Å². The molecule has 0 saturated carbocycles. The largest absolute Gasteiger partial charge is 0.269 e. The normalized spacial score (nSPS) is 22.4. The molecule has 3 aromatic carbocycles. The Labute approximate surface area is 136 Å². The van der Waals surface area contributed by atoms with Crippen molar-refractivity contribution in [3.8, 4) is 0 Å². The summed E-state index contributed by atoms with van der Waals surface area (Å²) < 4.78 is 0. The van der Waals surface area contributed by atoms with Crippen LogP contribution in [0.4, 0.5) is 5.69 Å². The fourth-order valence-corrected chi connectivity index (χ4v) is 4.07. The number of aryl methyl sites for hydroxylation is 1. The molecule has 0 N–H and O–H groups in total. The number of nitrogens with zero attached hydrogens (tertiary/aromatic N) is 1. The van der Waals surface area contributed by atoms with Gasteiger partial charge in [0.05, 0.1) is 17.8 Å². The van der Waals surface area contributed by atoms with Gasteiger partial charge in [0.1, 0.15) is 0 Å². The second-order valence-electron chi connectivity index (χ2n) is 6.72. The van der Waals surface area contributed by atoms with Crippen LogP contribution < -0.4 is 5.06 Å². The molecule has 1 fully saturated rings. The molecule has 114 valence electrons. The van der Waals surface area contributed by atoms with Crippen LogP contribution in [0.25, 0.3) is 10.8 Å². The lowest BCUT2D eigenvalue weighted by atomic mass is 9.98. The van der Waals surface area contributed by atoms with Gasteiger partial charge >= 0.3 is 0 Å².